The maximum absolute atomic E-state index is 13.2. The molecule has 12 nitrogen and oxygen atoms in total. The Bertz CT molecular complexity index is 1730. The third-order valence-corrected chi connectivity index (χ3v) is 7.02. The molecule has 2 amide bonds. The third kappa shape index (κ3) is 4.71. The van der Waals surface area contributed by atoms with Gasteiger partial charge in [-0.3, -0.25) is 4.68 Å². The van der Waals surface area contributed by atoms with Crippen molar-refractivity contribution in [2.24, 2.45) is 7.05 Å². The largest absolute Gasteiger partial charge is 0.366 e. The second-order valence-corrected chi connectivity index (χ2v) is 9.75. The van der Waals surface area contributed by atoms with Crippen LogP contribution in [-0.4, -0.2) is 70.8 Å². The highest BCUT2D eigenvalue weighted by Crippen LogP contribution is 2.32. The molecule has 40 heavy (non-hydrogen) atoms. The van der Waals surface area contributed by atoms with Gasteiger partial charge in [0.15, 0.2) is 11.6 Å². The van der Waals surface area contributed by atoms with Crippen molar-refractivity contribution in [2.75, 3.05) is 24.5 Å². The summed E-state index contributed by atoms with van der Waals surface area (Å²) in [5, 5.41) is 25.3. The Balaban J connectivity index is 1.15. The topological polar surface area (TPSA) is 125 Å². The summed E-state index contributed by atoms with van der Waals surface area (Å²) >= 11 is 0. The van der Waals surface area contributed by atoms with E-state index in [0.29, 0.717) is 37.6 Å². The van der Waals surface area contributed by atoms with Crippen LogP contribution in [0.2, 0.25) is 0 Å². The van der Waals surface area contributed by atoms with Crippen molar-refractivity contribution >= 4 is 17.2 Å². The van der Waals surface area contributed by atoms with Gasteiger partial charge in [0, 0.05) is 69.0 Å². The Hall–Kier alpha value is -5.25. The molecule has 0 unspecified atom stereocenters. The van der Waals surface area contributed by atoms with Crippen molar-refractivity contribution in [3.05, 3.63) is 78.5 Å². The average Bonchev–Trinajstić information content (AvgIpc) is 3.71. The van der Waals surface area contributed by atoms with Gasteiger partial charge < -0.3 is 15.1 Å². The first kappa shape index (κ1) is 25.1. The van der Waals surface area contributed by atoms with Crippen molar-refractivity contribution < 1.29 is 9.18 Å². The number of urea groups is 1. The molecule has 6 heterocycles. The first-order chi connectivity index (χ1) is 19.4. The first-order valence-electron chi connectivity index (χ1n) is 12.7. The number of halogens is 1. The van der Waals surface area contributed by atoms with Crippen LogP contribution in [0.25, 0.3) is 22.5 Å². The SMILES string of the molecule is C[C@H]1CN(c2cc(-c3cnn(C)c3)cn3ncc(C#N)c23)CCN1C(=O)NCc1ccc(-n2cc(F)cn2)nc1. The Morgan fingerprint density at radius 1 is 1.10 bits per heavy atom. The summed E-state index contributed by atoms with van der Waals surface area (Å²) in [4.78, 5) is 21.4. The minimum atomic E-state index is -0.436. The van der Waals surface area contributed by atoms with Crippen LogP contribution in [-0.2, 0) is 13.6 Å². The predicted molar refractivity (Wildman–Crippen MR) is 144 cm³/mol. The number of nitrogens with one attached hydrogen (secondary N) is 1. The third-order valence-electron chi connectivity index (χ3n) is 7.02. The lowest BCUT2D eigenvalue weighted by Gasteiger charge is -2.41. The van der Waals surface area contributed by atoms with E-state index in [1.807, 2.05) is 37.3 Å². The van der Waals surface area contributed by atoms with E-state index in [1.165, 1.54) is 10.9 Å². The molecule has 0 radical (unpaired) electrons. The molecule has 0 aromatic carbocycles. The molecule has 0 spiro atoms. The second kappa shape index (κ2) is 10.1. The number of carbonyl (C=O) groups is 1. The number of carbonyl (C=O) groups excluding carboxylic acids is 1. The second-order valence-electron chi connectivity index (χ2n) is 9.75. The summed E-state index contributed by atoms with van der Waals surface area (Å²) < 4.78 is 18.1. The zero-order valence-electron chi connectivity index (χ0n) is 21.9. The van der Waals surface area contributed by atoms with E-state index in [-0.39, 0.29) is 12.1 Å². The van der Waals surface area contributed by atoms with Crippen LogP contribution in [0.1, 0.15) is 18.1 Å². The highest BCUT2D eigenvalue weighted by Gasteiger charge is 2.29. The smallest absolute Gasteiger partial charge is 0.318 e. The lowest BCUT2D eigenvalue weighted by Crippen LogP contribution is -2.56. The molecule has 0 saturated carbocycles. The van der Waals surface area contributed by atoms with Crippen molar-refractivity contribution in [3.8, 4) is 23.0 Å². The quantitative estimate of drug-likeness (QED) is 0.364. The van der Waals surface area contributed by atoms with Gasteiger partial charge in [0.05, 0.1) is 36.0 Å². The Morgan fingerprint density at radius 2 is 1.98 bits per heavy atom. The van der Waals surface area contributed by atoms with Gasteiger partial charge in [0.2, 0.25) is 0 Å². The van der Waals surface area contributed by atoms with Gasteiger partial charge in [-0.15, -0.1) is 0 Å². The number of aromatic nitrogens is 7. The van der Waals surface area contributed by atoms with Crippen molar-refractivity contribution in [1.29, 1.82) is 5.26 Å². The summed E-state index contributed by atoms with van der Waals surface area (Å²) in [6, 6.07) is 7.61. The van der Waals surface area contributed by atoms with E-state index in [4.69, 9.17) is 0 Å². The molecule has 1 fully saturated rings. The van der Waals surface area contributed by atoms with Crippen molar-refractivity contribution in [2.45, 2.75) is 19.5 Å². The van der Waals surface area contributed by atoms with Crippen LogP contribution in [0.4, 0.5) is 14.9 Å². The number of anilines is 1. The van der Waals surface area contributed by atoms with Crippen molar-refractivity contribution in [3.63, 3.8) is 0 Å². The molecular formula is C27H26FN11O. The highest BCUT2D eigenvalue weighted by atomic mass is 19.1. The molecule has 202 valence electrons. The monoisotopic (exact) mass is 539 g/mol. The van der Waals surface area contributed by atoms with Crippen LogP contribution in [0, 0.1) is 17.1 Å². The van der Waals surface area contributed by atoms with E-state index in [2.05, 4.69) is 42.6 Å². The lowest BCUT2D eigenvalue weighted by molar-refractivity contribution is 0.171. The number of nitrogens with zero attached hydrogens (tertiary/aromatic N) is 10. The molecular weight excluding hydrogens is 513 g/mol. The van der Waals surface area contributed by atoms with Gasteiger partial charge in [0.1, 0.15) is 11.6 Å². The molecule has 0 bridgehead atoms. The molecule has 0 aliphatic carbocycles. The fourth-order valence-electron chi connectivity index (χ4n) is 4.99. The summed E-state index contributed by atoms with van der Waals surface area (Å²) in [6.45, 7) is 4.01. The summed E-state index contributed by atoms with van der Waals surface area (Å²) in [6.07, 6.45) is 11.2. The maximum Gasteiger partial charge on any atom is 0.318 e. The molecule has 5 aromatic heterocycles. The normalized spacial score (nSPS) is 15.4. The van der Waals surface area contributed by atoms with E-state index >= 15 is 0 Å². The minimum Gasteiger partial charge on any atom is -0.366 e. The standard InChI is InChI=1S/C27H26FN11O/c1-18-14-36(24-7-20(22-12-32-35(2)15-22)16-39-26(24)21(8-29)11-33-39)5-6-37(18)27(40)31-10-19-3-4-25(30-9-19)38-17-23(28)13-34-38/h3-4,7,9,11-13,15-18H,5-6,10,14H2,1-2H3,(H,31,40)/t18-/m0/s1. The fourth-order valence-corrected chi connectivity index (χ4v) is 4.99. The average molecular weight is 540 g/mol. The van der Waals surface area contributed by atoms with Gasteiger partial charge in [-0.25, -0.2) is 23.4 Å². The number of piperazine rings is 1. The van der Waals surface area contributed by atoms with Crippen LogP contribution < -0.4 is 10.2 Å². The van der Waals surface area contributed by atoms with Crippen LogP contribution >= 0.6 is 0 Å². The van der Waals surface area contributed by atoms with E-state index in [9.17, 15) is 14.4 Å². The number of hydrogen-bond acceptors (Lipinski definition) is 7. The van der Waals surface area contributed by atoms with Gasteiger partial charge in [-0.05, 0) is 24.6 Å². The highest BCUT2D eigenvalue weighted by molar-refractivity contribution is 5.84. The van der Waals surface area contributed by atoms with Crippen molar-refractivity contribution in [1.82, 2.24) is 44.4 Å². The van der Waals surface area contributed by atoms with Gasteiger partial charge >= 0.3 is 6.03 Å². The molecule has 13 heteroatoms. The van der Waals surface area contributed by atoms with Crippen LogP contribution in [0.15, 0.2) is 61.6 Å². The number of pyridine rings is 2. The van der Waals surface area contributed by atoms with E-state index in [0.717, 1.165) is 34.1 Å². The number of aryl methyl sites for hydroxylation is 1. The van der Waals surface area contributed by atoms with E-state index in [1.54, 1.807) is 33.9 Å². The molecule has 1 atom stereocenters. The van der Waals surface area contributed by atoms with E-state index < -0.39 is 5.82 Å². The molecule has 6 rings (SSSR count). The maximum atomic E-state index is 13.2. The molecule has 1 aliphatic rings. The zero-order valence-corrected chi connectivity index (χ0v) is 21.9. The number of amides is 2. The predicted octanol–water partition coefficient (Wildman–Crippen LogP) is 2.75. The molecule has 1 N–H and O–H groups in total. The van der Waals surface area contributed by atoms with Crippen LogP contribution in [0.5, 0.6) is 0 Å². The zero-order chi connectivity index (χ0) is 27.8. The number of nitriles is 1. The Labute approximate surface area is 228 Å². The lowest BCUT2D eigenvalue weighted by atomic mass is 10.1. The summed E-state index contributed by atoms with van der Waals surface area (Å²) in [5.74, 6) is 0.0526. The Morgan fingerprint density at radius 3 is 2.65 bits per heavy atom. The molecule has 1 aliphatic heterocycles. The van der Waals surface area contributed by atoms with Crippen LogP contribution in [0.3, 0.4) is 0 Å². The fraction of sp³-hybridized carbons (Fsp3) is 0.259. The summed E-state index contributed by atoms with van der Waals surface area (Å²) in [5.41, 5.74) is 4.84. The summed E-state index contributed by atoms with van der Waals surface area (Å²) in [7, 11) is 1.87. The van der Waals surface area contributed by atoms with Gasteiger partial charge in [0.25, 0.3) is 0 Å². The van der Waals surface area contributed by atoms with Gasteiger partial charge in [-0.2, -0.15) is 20.6 Å². The molecule has 1 saturated heterocycles. The number of rotatable bonds is 5. The number of fused-ring (bicyclic) bond motifs is 1. The molecule has 5 aromatic rings. The first-order valence-corrected chi connectivity index (χ1v) is 12.7. The Kier molecular flexibility index (Phi) is 6.35. The van der Waals surface area contributed by atoms with Gasteiger partial charge in [-0.1, -0.05) is 6.07 Å². The minimum absolute atomic E-state index is 0.0838. The number of hydrogen-bond donors (Lipinski definition) is 1.